The van der Waals surface area contributed by atoms with E-state index in [4.69, 9.17) is 4.98 Å². The molecule has 1 aromatic carbocycles. The molecule has 0 unspecified atom stereocenters. The molecule has 1 fully saturated rings. The lowest BCUT2D eigenvalue weighted by atomic mass is 10.2. The van der Waals surface area contributed by atoms with Gasteiger partial charge in [0, 0.05) is 22.8 Å². The predicted octanol–water partition coefficient (Wildman–Crippen LogP) is 4.16. The minimum Gasteiger partial charge on any atom is -0.354 e. The zero-order valence-corrected chi connectivity index (χ0v) is 15.2. The van der Waals surface area contributed by atoms with Gasteiger partial charge in [-0.2, -0.15) is 0 Å². The van der Waals surface area contributed by atoms with Gasteiger partial charge in [-0.15, -0.1) is 11.3 Å². The zero-order valence-electron chi connectivity index (χ0n) is 14.4. The first-order chi connectivity index (χ1) is 12.1. The second kappa shape index (κ2) is 6.44. The van der Waals surface area contributed by atoms with Gasteiger partial charge in [-0.1, -0.05) is 12.1 Å². The number of fused-ring (bicyclic) bond motifs is 1. The predicted molar refractivity (Wildman–Crippen MR) is 103 cm³/mol. The Morgan fingerprint density at radius 1 is 1.12 bits per heavy atom. The maximum Gasteiger partial charge on any atom is 0.258 e. The molecule has 1 saturated heterocycles. The number of para-hydroxylation sites is 2. The van der Waals surface area contributed by atoms with Crippen LogP contribution in [0.3, 0.4) is 0 Å². The number of carbonyl (C=O) groups excluding carboxylic acids is 1. The summed E-state index contributed by atoms with van der Waals surface area (Å²) in [5, 5.41) is 3.00. The number of benzene rings is 1. The Morgan fingerprint density at radius 2 is 1.80 bits per heavy atom. The second-order valence-corrected chi connectivity index (χ2v) is 7.82. The molecule has 0 atom stereocenters. The average Bonchev–Trinajstić information content (AvgIpc) is 3.23. The van der Waals surface area contributed by atoms with Crippen LogP contribution in [-0.2, 0) is 0 Å². The highest BCUT2D eigenvalue weighted by atomic mass is 32.1. The summed E-state index contributed by atoms with van der Waals surface area (Å²) in [6, 6.07) is 9.70. The summed E-state index contributed by atoms with van der Waals surface area (Å²) in [6.45, 7) is 5.89. The van der Waals surface area contributed by atoms with E-state index in [0.29, 0.717) is 11.4 Å². The number of thiophene rings is 1. The largest absolute Gasteiger partial charge is 0.354 e. The summed E-state index contributed by atoms with van der Waals surface area (Å²) >= 11 is 1.63. The third kappa shape index (κ3) is 3.09. The standard InChI is InChI=1S/C19H20N4OS/c1-12-11-14(13(2)25-12)19(24)22-17-18(23-9-5-6-10-23)21-16-8-4-3-7-15(16)20-17/h3-4,7-8,11H,5-6,9-10H2,1-2H3,(H,20,22,24). The number of hydrogen-bond donors (Lipinski definition) is 1. The third-order valence-corrected chi connectivity index (χ3v) is 5.44. The molecular formula is C19H20N4OS. The fourth-order valence-corrected chi connectivity index (χ4v) is 4.18. The van der Waals surface area contributed by atoms with Gasteiger partial charge in [0.1, 0.15) is 0 Å². The zero-order chi connectivity index (χ0) is 17.4. The summed E-state index contributed by atoms with van der Waals surface area (Å²) in [6.07, 6.45) is 2.29. The number of amides is 1. The van der Waals surface area contributed by atoms with Gasteiger partial charge in [-0.25, -0.2) is 9.97 Å². The smallest absolute Gasteiger partial charge is 0.258 e. The molecule has 4 rings (SSSR count). The molecule has 0 bridgehead atoms. The molecule has 25 heavy (non-hydrogen) atoms. The van der Waals surface area contributed by atoms with E-state index in [-0.39, 0.29) is 5.91 Å². The molecule has 1 N–H and O–H groups in total. The maximum absolute atomic E-state index is 12.8. The fourth-order valence-electron chi connectivity index (χ4n) is 3.26. The van der Waals surface area contributed by atoms with E-state index in [1.165, 1.54) is 0 Å². The second-order valence-electron chi connectivity index (χ2n) is 6.36. The van der Waals surface area contributed by atoms with Crippen molar-refractivity contribution >= 4 is 39.9 Å². The van der Waals surface area contributed by atoms with Gasteiger partial charge >= 0.3 is 0 Å². The number of hydrogen-bond acceptors (Lipinski definition) is 5. The number of nitrogens with one attached hydrogen (secondary N) is 1. The van der Waals surface area contributed by atoms with E-state index in [1.54, 1.807) is 11.3 Å². The van der Waals surface area contributed by atoms with Crippen LogP contribution >= 0.6 is 11.3 Å². The van der Waals surface area contributed by atoms with Crippen molar-refractivity contribution in [2.75, 3.05) is 23.3 Å². The van der Waals surface area contributed by atoms with Crippen LogP contribution in [0.2, 0.25) is 0 Å². The molecule has 1 aliphatic heterocycles. The average molecular weight is 352 g/mol. The maximum atomic E-state index is 12.8. The SMILES string of the molecule is Cc1cc(C(=O)Nc2nc3ccccc3nc2N2CCCC2)c(C)s1. The Hall–Kier alpha value is -2.47. The first-order valence-electron chi connectivity index (χ1n) is 8.52. The Labute approximate surface area is 150 Å². The van der Waals surface area contributed by atoms with E-state index in [0.717, 1.165) is 52.5 Å². The fraction of sp³-hybridized carbons (Fsp3) is 0.316. The summed E-state index contributed by atoms with van der Waals surface area (Å²) in [5.41, 5.74) is 2.36. The van der Waals surface area contributed by atoms with Gasteiger partial charge in [0.05, 0.1) is 16.6 Å². The molecule has 0 aliphatic carbocycles. The number of aromatic nitrogens is 2. The Bertz CT molecular complexity index is 944. The molecule has 128 valence electrons. The lowest BCUT2D eigenvalue weighted by molar-refractivity contribution is 0.102. The van der Waals surface area contributed by atoms with Gasteiger partial charge in [0.15, 0.2) is 11.6 Å². The number of rotatable bonds is 3. The molecule has 0 spiro atoms. The molecule has 3 heterocycles. The van der Waals surface area contributed by atoms with Crippen molar-refractivity contribution in [3.63, 3.8) is 0 Å². The summed E-state index contributed by atoms with van der Waals surface area (Å²) in [7, 11) is 0. The Balaban J connectivity index is 1.75. The topological polar surface area (TPSA) is 58.1 Å². The van der Waals surface area contributed by atoms with E-state index < -0.39 is 0 Å². The van der Waals surface area contributed by atoms with E-state index in [2.05, 4.69) is 15.2 Å². The summed E-state index contributed by atoms with van der Waals surface area (Å²) < 4.78 is 0. The van der Waals surface area contributed by atoms with Crippen LogP contribution in [-0.4, -0.2) is 29.0 Å². The van der Waals surface area contributed by atoms with Gasteiger partial charge in [0.2, 0.25) is 0 Å². The number of anilines is 2. The van der Waals surface area contributed by atoms with Crippen LogP contribution in [0.15, 0.2) is 30.3 Å². The minimum atomic E-state index is -0.119. The summed E-state index contributed by atoms with van der Waals surface area (Å²) in [4.78, 5) is 26.6. The van der Waals surface area contributed by atoms with E-state index in [9.17, 15) is 4.79 Å². The van der Waals surface area contributed by atoms with Crippen molar-refractivity contribution in [2.24, 2.45) is 0 Å². The van der Waals surface area contributed by atoms with Crippen LogP contribution in [0.1, 0.15) is 33.0 Å². The number of carbonyl (C=O) groups is 1. The van der Waals surface area contributed by atoms with Crippen LogP contribution in [0.25, 0.3) is 11.0 Å². The van der Waals surface area contributed by atoms with Crippen molar-refractivity contribution in [3.8, 4) is 0 Å². The van der Waals surface area contributed by atoms with Crippen molar-refractivity contribution in [1.29, 1.82) is 0 Å². The lowest BCUT2D eigenvalue weighted by Crippen LogP contribution is -2.23. The molecule has 1 amide bonds. The highest BCUT2D eigenvalue weighted by Crippen LogP contribution is 2.29. The van der Waals surface area contributed by atoms with Crippen LogP contribution in [0.5, 0.6) is 0 Å². The highest BCUT2D eigenvalue weighted by Gasteiger charge is 2.22. The molecule has 0 saturated carbocycles. The van der Waals surface area contributed by atoms with Crippen molar-refractivity contribution in [2.45, 2.75) is 26.7 Å². The molecule has 3 aromatic rings. The van der Waals surface area contributed by atoms with Gasteiger partial charge in [0.25, 0.3) is 5.91 Å². The molecule has 1 aliphatic rings. The van der Waals surface area contributed by atoms with E-state index in [1.807, 2.05) is 44.2 Å². The van der Waals surface area contributed by atoms with Crippen molar-refractivity contribution in [3.05, 3.63) is 45.6 Å². The van der Waals surface area contributed by atoms with Crippen LogP contribution in [0.4, 0.5) is 11.6 Å². The first kappa shape index (κ1) is 16.0. The third-order valence-electron chi connectivity index (χ3n) is 4.48. The van der Waals surface area contributed by atoms with Crippen molar-refractivity contribution in [1.82, 2.24) is 9.97 Å². The molecule has 2 aromatic heterocycles. The highest BCUT2D eigenvalue weighted by molar-refractivity contribution is 7.12. The summed E-state index contributed by atoms with van der Waals surface area (Å²) in [5.74, 6) is 1.20. The Kier molecular flexibility index (Phi) is 4.13. The monoisotopic (exact) mass is 352 g/mol. The van der Waals surface area contributed by atoms with Gasteiger partial charge < -0.3 is 10.2 Å². The van der Waals surface area contributed by atoms with Crippen LogP contribution in [0, 0.1) is 13.8 Å². The Morgan fingerprint density at radius 3 is 2.44 bits per heavy atom. The lowest BCUT2D eigenvalue weighted by Gasteiger charge is -2.20. The first-order valence-corrected chi connectivity index (χ1v) is 9.33. The van der Waals surface area contributed by atoms with Gasteiger partial charge in [-0.05, 0) is 44.9 Å². The quantitative estimate of drug-likeness (QED) is 0.769. The molecule has 6 heteroatoms. The molecule has 0 radical (unpaired) electrons. The number of aryl methyl sites for hydroxylation is 2. The normalized spacial score (nSPS) is 14.2. The van der Waals surface area contributed by atoms with Crippen molar-refractivity contribution < 1.29 is 4.79 Å². The molecule has 5 nitrogen and oxygen atoms in total. The molecular weight excluding hydrogens is 332 g/mol. The van der Waals surface area contributed by atoms with Crippen LogP contribution < -0.4 is 10.2 Å². The minimum absolute atomic E-state index is 0.119. The van der Waals surface area contributed by atoms with E-state index >= 15 is 0 Å². The van der Waals surface area contributed by atoms with Gasteiger partial charge in [-0.3, -0.25) is 4.79 Å². The number of nitrogens with zero attached hydrogens (tertiary/aromatic N) is 3.